The van der Waals surface area contributed by atoms with Gasteiger partial charge in [0.15, 0.2) is 11.7 Å². The molecule has 1 heterocycles. The van der Waals surface area contributed by atoms with Crippen LogP contribution < -0.4 is 14.8 Å². The number of aryl methyl sites for hydroxylation is 1. The van der Waals surface area contributed by atoms with E-state index in [-0.39, 0.29) is 18.1 Å². The molecule has 0 fully saturated rings. The molecule has 6 nitrogen and oxygen atoms in total. The minimum absolute atomic E-state index is 0.0228. The third-order valence-electron chi connectivity index (χ3n) is 4.27. The number of halogens is 2. The van der Waals surface area contributed by atoms with Gasteiger partial charge < -0.3 is 19.2 Å². The van der Waals surface area contributed by atoms with E-state index in [1.165, 1.54) is 12.1 Å². The van der Waals surface area contributed by atoms with Crippen LogP contribution in [0.1, 0.15) is 17.9 Å². The average molecular weight is 402 g/mol. The van der Waals surface area contributed by atoms with Gasteiger partial charge in [-0.05, 0) is 43.3 Å². The van der Waals surface area contributed by atoms with E-state index in [0.717, 1.165) is 11.3 Å². The third kappa shape index (κ3) is 5.31. The minimum atomic E-state index is -2.93. The molecule has 29 heavy (non-hydrogen) atoms. The maximum absolute atomic E-state index is 12.4. The van der Waals surface area contributed by atoms with Crippen LogP contribution in [0.25, 0.3) is 11.3 Å². The molecule has 0 bridgehead atoms. The fourth-order valence-corrected chi connectivity index (χ4v) is 2.72. The summed E-state index contributed by atoms with van der Waals surface area (Å²) in [6.07, 6.45) is 2.03. The summed E-state index contributed by atoms with van der Waals surface area (Å²) in [6, 6.07) is 11.9. The number of anilines is 1. The molecule has 0 saturated carbocycles. The Labute approximate surface area is 166 Å². The highest BCUT2D eigenvalue weighted by Gasteiger charge is 2.13. The zero-order chi connectivity index (χ0) is 20.8. The van der Waals surface area contributed by atoms with Crippen molar-refractivity contribution in [2.45, 2.75) is 26.4 Å². The van der Waals surface area contributed by atoms with Crippen molar-refractivity contribution in [1.29, 1.82) is 0 Å². The second-order valence-electron chi connectivity index (χ2n) is 6.20. The lowest BCUT2D eigenvalue weighted by Gasteiger charge is -2.12. The predicted molar refractivity (Wildman–Crippen MR) is 103 cm³/mol. The van der Waals surface area contributed by atoms with Crippen LogP contribution in [0, 0.1) is 6.92 Å². The number of aromatic nitrogens is 1. The summed E-state index contributed by atoms with van der Waals surface area (Å²) in [5, 5.41) is 2.70. The number of hydrogen-bond acceptors (Lipinski definition) is 5. The van der Waals surface area contributed by atoms with Crippen LogP contribution in [0.5, 0.6) is 11.5 Å². The Morgan fingerprint density at radius 1 is 1.21 bits per heavy atom. The standard InChI is InChI=1S/C21H20F2N2O4/c1-13-16(4-3-5-17(13)29-21(22)23)25-19(26)10-11-20-24-12-18(28-20)14-6-8-15(27-2)9-7-14/h3-9,12,21H,10-11H2,1-2H3,(H,25,26). The average Bonchev–Trinajstić information content (AvgIpc) is 3.18. The highest BCUT2D eigenvalue weighted by Crippen LogP contribution is 2.27. The van der Waals surface area contributed by atoms with Crippen LogP contribution in [0.15, 0.2) is 53.1 Å². The van der Waals surface area contributed by atoms with Crippen LogP contribution in [-0.2, 0) is 11.2 Å². The first-order chi connectivity index (χ1) is 14.0. The van der Waals surface area contributed by atoms with Gasteiger partial charge in [-0.25, -0.2) is 4.98 Å². The normalized spacial score (nSPS) is 10.8. The molecule has 0 saturated heterocycles. The summed E-state index contributed by atoms with van der Waals surface area (Å²) in [5.74, 6) is 1.50. The van der Waals surface area contributed by atoms with Crippen molar-refractivity contribution in [2.24, 2.45) is 0 Å². The van der Waals surface area contributed by atoms with E-state index < -0.39 is 6.61 Å². The van der Waals surface area contributed by atoms with Gasteiger partial charge in [-0.1, -0.05) is 6.07 Å². The number of alkyl halides is 2. The van der Waals surface area contributed by atoms with E-state index >= 15 is 0 Å². The summed E-state index contributed by atoms with van der Waals surface area (Å²) in [6.45, 7) is -1.33. The van der Waals surface area contributed by atoms with Gasteiger partial charge in [-0.3, -0.25) is 4.79 Å². The van der Waals surface area contributed by atoms with E-state index in [1.54, 1.807) is 26.3 Å². The van der Waals surface area contributed by atoms with Gasteiger partial charge in [-0.2, -0.15) is 8.78 Å². The summed E-state index contributed by atoms with van der Waals surface area (Å²) >= 11 is 0. The molecule has 0 radical (unpaired) electrons. The Morgan fingerprint density at radius 2 is 1.97 bits per heavy atom. The molecular formula is C21H20F2N2O4. The predicted octanol–water partition coefficient (Wildman–Crippen LogP) is 4.83. The molecule has 3 aromatic rings. The van der Waals surface area contributed by atoms with Gasteiger partial charge >= 0.3 is 6.61 Å². The van der Waals surface area contributed by atoms with Crippen LogP contribution >= 0.6 is 0 Å². The van der Waals surface area contributed by atoms with Gasteiger partial charge in [0.2, 0.25) is 5.91 Å². The van der Waals surface area contributed by atoms with Gasteiger partial charge in [0, 0.05) is 29.7 Å². The summed E-state index contributed by atoms with van der Waals surface area (Å²) in [5.41, 5.74) is 1.69. The Morgan fingerprint density at radius 3 is 2.66 bits per heavy atom. The topological polar surface area (TPSA) is 73.6 Å². The van der Waals surface area contributed by atoms with Crippen LogP contribution in [0.3, 0.4) is 0 Å². The van der Waals surface area contributed by atoms with Crippen LogP contribution in [0.2, 0.25) is 0 Å². The van der Waals surface area contributed by atoms with Gasteiger partial charge in [0.05, 0.1) is 13.3 Å². The molecule has 1 aromatic heterocycles. The van der Waals surface area contributed by atoms with Crippen molar-refractivity contribution < 1.29 is 27.5 Å². The molecule has 2 aromatic carbocycles. The molecule has 0 unspecified atom stereocenters. The second-order valence-corrected chi connectivity index (χ2v) is 6.20. The van der Waals surface area contributed by atoms with Gasteiger partial charge in [0.1, 0.15) is 11.5 Å². The molecule has 0 aliphatic heterocycles. The quantitative estimate of drug-likeness (QED) is 0.584. The molecular weight excluding hydrogens is 382 g/mol. The highest BCUT2D eigenvalue weighted by atomic mass is 19.3. The first-order valence-corrected chi connectivity index (χ1v) is 8.89. The zero-order valence-electron chi connectivity index (χ0n) is 15.9. The number of carbonyl (C=O) groups is 1. The maximum atomic E-state index is 12.4. The smallest absolute Gasteiger partial charge is 0.387 e. The molecule has 1 amide bonds. The number of methoxy groups -OCH3 is 1. The highest BCUT2D eigenvalue weighted by molar-refractivity contribution is 5.91. The van der Waals surface area contributed by atoms with Gasteiger partial charge in [-0.15, -0.1) is 0 Å². The summed E-state index contributed by atoms with van der Waals surface area (Å²) < 4.78 is 40.1. The van der Waals surface area contributed by atoms with Crippen molar-refractivity contribution in [3.05, 3.63) is 60.1 Å². The van der Waals surface area contributed by atoms with Crippen molar-refractivity contribution in [3.8, 4) is 22.8 Å². The molecule has 0 spiro atoms. The van der Waals surface area contributed by atoms with Crippen molar-refractivity contribution in [3.63, 3.8) is 0 Å². The van der Waals surface area contributed by atoms with Crippen molar-refractivity contribution in [2.75, 3.05) is 12.4 Å². The van der Waals surface area contributed by atoms with Crippen LogP contribution in [-0.4, -0.2) is 24.6 Å². The van der Waals surface area contributed by atoms with E-state index in [2.05, 4.69) is 15.0 Å². The lowest BCUT2D eigenvalue weighted by Crippen LogP contribution is -2.14. The van der Waals surface area contributed by atoms with E-state index in [9.17, 15) is 13.6 Å². The maximum Gasteiger partial charge on any atom is 0.387 e. The van der Waals surface area contributed by atoms with E-state index in [0.29, 0.717) is 29.3 Å². The molecule has 3 rings (SSSR count). The lowest BCUT2D eigenvalue weighted by atomic mass is 10.1. The first kappa shape index (κ1) is 20.3. The Balaban J connectivity index is 1.58. The van der Waals surface area contributed by atoms with E-state index in [4.69, 9.17) is 9.15 Å². The lowest BCUT2D eigenvalue weighted by molar-refractivity contribution is -0.116. The van der Waals surface area contributed by atoms with Crippen molar-refractivity contribution >= 4 is 11.6 Å². The Kier molecular flexibility index (Phi) is 6.43. The Hall–Kier alpha value is -3.42. The molecule has 0 atom stereocenters. The SMILES string of the molecule is COc1ccc(-c2cnc(CCC(=O)Nc3cccc(OC(F)F)c3C)o2)cc1. The van der Waals surface area contributed by atoms with Crippen molar-refractivity contribution in [1.82, 2.24) is 4.98 Å². The Bertz CT molecular complexity index is 971. The fourth-order valence-electron chi connectivity index (χ4n) is 2.72. The number of benzene rings is 2. The number of carbonyl (C=O) groups excluding carboxylic acids is 1. The minimum Gasteiger partial charge on any atom is -0.497 e. The third-order valence-corrected chi connectivity index (χ3v) is 4.27. The number of hydrogen-bond donors (Lipinski definition) is 1. The van der Waals surface area contributed by atoms with Crippen LogP contribution in [0.4, 0.5) is 14.5 Å². The van der Waals surface area contributed by atoms with E-state index in [1.807, 2.05) is 24.3 Å². The fraction of sp³-hybridized carbons (Fsp3) is 0.238. The number of rotatable bonds is 8. The molecule has 152 valence electrons. The second kappa shape index (κ2) is 9.18. The number of oxazole rings is 1. The van der Waals surface area contributed by atoms with Gasteiger partial charge in [0.25, 0.3) is 0 Å². The molecule has 0 aliphatic rings. The molecule has 1 N–H and O–H groups in total. The number of ether oxygens (including phenoxy) is 2. The number of amides is 1. The molecule has 0 aliphatic carbocycles. The summed E-state index contributed by atoms with van der Waals surface area (Å²) in [4.78, 5) is 16.4. The zero-order valence-corrected chi connectivity index (χ0v) is 15.9. The summed E-state index contributed by atoms with van der Waals surface area (Å²) in [7, 11) is 1.59. The number of nitrogens with one attached hydrogen (secondary N) is 1. The largest absolute Gasteiger partial charge is 0.497 e. The molecule has 8 heteroatoms. The number of nitrogens with zero attached hydrogens (tertiary/aromatic N) is 1. The first-order valence-electron chi connectivity index (χ1n) is 8.89. The monoisotopic (exact) mass is 402 g/mol.